The molecule has 5 heteroatoms. The third kappa shape index (κ3) is 4.40. The molecular weight excluding hydrogens is 362 g/mol. The predicted octanol–water partition coefficient (Wildman–Crippen LogP) is 3.64. The first-order valence-electron chi connectivity index (χ1n) is 10.7. The molecule has 1 fully saturated rings. The van der Waals surface area contributed by atoms with Gasteiger partial charge in [-0.1, -0.05) is 18.6 Å². The Kier molecular flexibility index (Phi) is 6.05. The fraction of sp³-hybridized carbons (Fsp3) is 0.458. The number of fused-ring (bicyclic) bond motifs is 1. The molecule has 5 nitrogen and oxygen atoms in total. The Bertz CT molecular complexity index is 844. The maximum absolute atomic E-state index is 12.7. The van der Waals surface area contributed by atoms with E-state index in [4.69, 9.17) is 4.74 Å². The average molecular weight is 394 g/mol. The van der Waals surface area contributed by atoms with Crippen molar-refractivity contribution in [2.24, 2.45) is 0 Å². The second-order valence-corrected chi connectivity index (χ2v) is 8.11. The maximum atomic E-state index is 12.7. The highest BCUT2D eigenvalue weighted by Crippen LogP contribution is 2.32. The fourth-order valence-corrected chi connectivity index (χ4v) is 4.52. The quantitative estimate of drug-likeness (QED) is 0.814. The first-order valence-corrected chi connectivity index (χ1v) is 10.7. The second kappa shape index (κ2) is 8.87. The van der Waals surface area contributed by atoms with Crippen molar-refractivity contribution in [1.29, 1.82) is 0 Å². The minimum absolute atomic E-state index is 0.0319. The van der Waals surface area contributed by atoms with Crippen LogP contribution in [0.1, 0.15) is 46.8 Å². The number of rotatable bonds is 6. The highest BCUT2D eigenvalue weighted by molar-refractivity contribution is 5.94. The molecular formula is C24H31N3O2. The zero-order chi connectivity index (χ0) is 20.2. The van der Waals surface area contributed by atoms with E-state index in [2.05, 4.69) is 40.4 Å². The Balaban J connectivity index is 1.50. The summed E-state index contributed by atoms with van der Waals surface area (Å²) in [6.07, 6.45) is 4.87. The van der Waals surface area contributed by atoms with Crippen LogP contribution in [0, 0.1) is 0 Å². The van der Waals surface area contributed by atoms with Crippen molar-refractivity contribution in [3.63, 3.8) is 0 Å². The van der Waals surface area contributed by atoms with Crippen LogP contribution < -0.4 is 15.0 Å². The van der Waals surface area contributed by atoms with Gasteiger partial charge in [0, 0.05) is 31.4 Å². The molecule has 1 atom stereocenters. The largest absolute Gasteiger partial charge is 0.497 e. The molecule has 2 aliphatic heterocycles. The Labute approximate surface area is 173 Å². The summed E-state index contributed by atoms with van der Waals surface area (Å²) in [5.74, 6) is 0.728. The summed E-state index contributed by atoms with van der Waals surface area (Å²) in [5, 5.41) is 3.18. The van der Waals surface area contributed by atoms with E-state index < -0.39 is 0 Å². The van der Waals surface area contributed by atoms with Crippen LogP contribution in [-0.4, -0.2) is 51.1 Å². The number of benzene rings is 2. The molecule has 0 spiro atoms. The second-order valence-electron chi connectivity index (χ2n) is 8.11. The highest BCUT2D eigenvalue weighted by Gasteiger charge is 2.25. The van der Waals surface area contributed by atoms with E-state index in [0.29, 0.717) is 12.1 Å². The molecule has 0 aliphatic carbocycles. The van der Waals surface area contributed by atoms with Crippen LogP contribution in [0.4, 0.5) is 5.69 Å². The van der Waals surface area contributed by atoms with E-state index in [9.17, 15) is 4.79 Å². The molecule has 29 heavy (non-hydrogen) atoms. The lowest BCUT2D eigenvalue weighted by Crippen LogP contribution is -2.40. The van der Waals surface area contributed by atoms with Gasteiger partial charge in [0.25, 0.3) is 5.91 Å². The van der Waals surface area contributed by atoms with Crippen LogP contribution in [0.2, 0.25) is 0 Å². The van der Waals surface area contributed by atoms with E-state index >= 15 is 0 Å². The number of hydrogen-bond donors (Lipinski definition) is 1. The molecule has 0 bridgehead atoms. The number of carbonyl (C=O) groups is 1. The Hall–Kier alpha value is -2.53. The third-order valence-electron chi connectivity index (χ3n) is 6.26. The van der Waals surface area contributed by atoms with Crippen molar-refractivity contribution >= 4 is 11.6 Å². The maximum Gasteiger partial charge on any atom is 0.251 e. The zero-order valence-electron chi connectivity index (χ0n) is 17.5. The van der Waals surface area contributed by atoms with Gasteiger partial charge in [0.2, 0.25) is 0 Å². The Morgan fingerprint density at radius 2 is 1.83 bits per heavy atom. The zero-order valence-corrected chi connectivity index (χ0v) is 17.5. The van der Waals surface area contributed by atoms with Crippen molar-refractivity contribution in [3.8, 4) is 5.75 Å². The van der Waals surface area contributed by atoms with Gasteiger partial charge < -0.3 is 15.0 Å². The van der Waals surface area contributed by atoms with Crippen LogP contribution >= 0.6 is 0 Å². The minimum atomic E-state index is -0.0319. The molecule has 1 amide bonds. The van der Waals surface area contributed by atoms with Gasteiger partial charge in [0.1, 0.15) is 5.75 Å². The van der Waals surface area contributed by atoms with Crippen molar-refractivity contribution in [1.82, 2.24) is 10.2 Å². The van der Waals surface area contributed by atoms with Gasteiger partial charge in [-0.15, -0.1) is 0 Å². The van der Waals surface area contributed by atoms with E-state index in [1.54, 1.807) is 7.11 Å². The normalized spacial score (nSPS) is 17.7. The molecule has 0 aromatic heterocycles. The van der Waals surface area contributed by atoms with Gasteiger partial charge in [-0.05, 0) is 73.8 Å². The highest BCUT2D eigenvalue weighted by atomic mass is 16.5. The van der Waals surface area contributed by atoms with Gasteiger partial charge >= 0.3 is 0 Å². The number of likely N-dealkylation sites (N-methyl/N-ethyl adjacent to an activating group) is 1. The third-order valence-corrected chi connectivity index (χ3v) is 6.26. The molecule has 2 aromatic rings. The van der Waals surface area contributed by atoms with Gasteiger partial charge in [0.15, 0.2) is 0 Å². The smallest absolute Gasteiger partial charge is 0.251 e. The van der Waals surface area contributed by atoms with Crippen LogP contribution in [0.25, 0.3) is 0 Å². The van der Waals surface area contributed by atoms with Crippen LogP contribution in [0.15, 0.2) is 42.5 Å². The van der Waals surface area contributed by atoms with Crippen molar-refractivity contribution in [2.45, 2.75) is 31.7 Å². The minimum Gasteiger partial charge on any atom is -0.497 e. The molecule has 2 aliphatic rings. The summed E-state index contributed by atoms with van der Waals surface area (Å²) in [5.41, 5.74) is 4.75. The van der Waals surface area contributed by atoms with Crippen molar-refractivity contribution in [2.75, 3.05) is 45.2 Å². The van der Waals surface area contributed by atoms with Gasteiger partial charge in [0.05, 0.1) is 13.2 Å². The number of anilines is 1. The lowest BCUT2D eigenvalue weighted by Gasteiger charge is -2.35. The number of hydrogen-bond acceptors (Lipinski definition) is 4. The summed E-state index contributed by atoms with van der Waals surface area (Å²) in [6.45, 7) is 3.90. The van der Waals surface area contributed by atoms with Gasteiger partial charge in [-0.2, -0.15) is 0 Å². The molecule has 2 heterocycles. The van der Waals surface area contributed by atoms with Gasteiger partial charge in [-0.25, -0.2) is 0 Å². The first-order chi connectivity index (χ1) is 14.2. The summed E-state index contributed by atoms with van der Waals surface area (Å²) in [4.78, 5) is 17.6. The standard InChI is InChI=1S/C24H31N3O2/c1-26-15-12-20-16-19(8-11-22(20)26)23(27-13-4-3-5-14-27)17-25-24(28)18-6-9-21(29-2)10-7-18/h6-11,16,23H,3-5,12-15,17H2,1-2H3,(H,25,28). The summed E-state index contributed by atoms with van der Waals surface area (Å²) < 4.78 is 5.19. The number of likely N-dealkylation sites (tertiary alicyclic amines) is 1. The molecule has 4 rings (SSSR count). The van der Waals surface area contributed by atoms with E-state index in [0.717, 1.165) is 31.8 Å². The van der Waals surface area contributed by atoms with E-state index in [1.807, 2.05) is 24.3 Å². The summed E-state index contributed by atoms with van der Waals surface area (Å²) in [7, 11) is 3.79. The number of amides is 1. The number of nitrogens with zero attached hydrogens (tertiary/aromatic N) is 2. The van der Waals surface area contributed by atoms with Gasteiger partial charge in [-0.3, -0.25) is 9.69 Å². The first kappa shape index (κ1) is 19.8. The van der Waals surface area contributed by atoms with E-state index in [-0.39, 0.29) is 11.9 Å². The fourth-order valence-electron chi connectivity index (χ4n) is 4.52. The lowest BCUT2D eigenvalue weighted by molar-refractivity contribution is 0.0924. The number of ether oxygens (including phenoxy) is 1. The number of methoxy groups -OCH3 is 1. The molecule has 2 aromatic carbocycles. The van der Waals surface area contributed by atoms with E-state index in [1.165, 1.54) is 36.1 Å². The topological polar surface area (TPSA) is 44.8 Å². The van der Waals surface area contributed by atoms with Crippen LogP contribution in [0.5, 0.6) is 5.75 Å². The molecule has 1 saturated heterocycles. The number of carbonyl (C=O) groups excluding carboxylic acids is 1. The number of piperidine rings is 1. The monoisotopic (exact) mass is 393 g/mol. The Morgan fingerprint density at radius 3 is 2.55 bits per heavy atom. The molecule has 0 radical (unpaired) electrons. The Morgan fingerprint density at radius 1 is 1.07 bits per heavy atom. The molecule has 154 valence electrons. The molecule has 0 saturated carbocycles. The summed E-state index contributed by atoms with van der Waals surface area (Å²) in [6, 6.07) is 14.4. The van der Waals surface area contributed by atoms with Crippen LogP contribution in [-0.2, 0) is 6.42 Å². The van der Waals surface area contributed by atoms with Crippen molar-refractivity contribution < 1.29 is 9.53 Å². The molecule has 1 N–H and O–H groups in total. The summed E-state index contributed by atoms with van der Waals surface area (Å²) >= 11 is 0. The van der Waals surface area contributed by atoms with Crippen LogP contribution in [0.3, 0.4) is 0 Å². The average Bonchev–Trinajstić information content (AvgIpc) is 3.15. The SMILES string of the molecule is COc1ccc(C(=O)NCC(c2ccc3c(c2)CCN3C)N2CCCCC2)cc1. The molecule has 1 unspecified atom stereocenters. The predicted molar refractivity (Wildman–Crippen MR) is 117 cm³/mol. The van der Waals surface area contributed by atoms with Crippen molar-refractivity contribution in [3.05, 3.63) is 59.2 Å². The number of nitrogens with one attached hydrogen (secondary N) is 1. The lowest BCUT2D eigenvalue weighted by atomic mass is 9.98.